The van der Waals surface area contributed by atoms with Gasteiger partial charge in [-0.15, -0.1) is 0 Å². The molecule has 0 unspecified atom stereocenters. The van der Waals surface area contributed by atoms with Crippen LogP contribution in [0.3, 0.4) is 0 Å². The molecule has 1 amide bonds. The van der Waals surface area contributed by atoms with Crippen molar-refractivity contribution in [2.75, 3.05) is 17.2 Å². The lowest BCUT2D eigenvalue weighted by Crippen LogP contribution is -2.33. The van der Waals surface area contributed by atoms with Crippen molar-refractivity contribution < 1.29 is 4.79 Å². The highest BCUT2D eigenvalue weighted by atomic mass is 32.2. The summed E-state index contributed by atoms with van der Waals surface area (Å²) >= 11 is 1.48. The molecule has 3 aromatic rings. The Hall–Kier alpha value is -2.60. The molecular weight excluding hydrogens is 380 g/mol. The van der Waals surface area contributed by atoms with E-state index in [1.54, 1.807) is 0 Å². The Morgan fingerprint density at radius 2 is 1.90 bits per heavy atom. The largest absolute Gasteiger partial charge is 0.353 e. The first-order valence-corrected chi connectivity index (χ1v) is 11.1. The Morgan fingerprint density at radius 1 is 1.14 bits per heavy atom. The van der Waals surface area contributed by atoms with Crippen LogP contribution in [0, 0.1) is 0 Å². The van der Waals surface area contributed by atoms with E-state index >= 15 is 0 Å². The van der Waals surface area contributed by atoms with Gasteiger partial charge in [-0.1, -0.05) is 61.2 Å². The fraction of sp³-hybridized carbons (Fsp3) is 0.348. The minimum atomic E-state index is 0.0421. The molecule has 0 bridgehead atoms. The fourth-order valence-electron chi connectivity index (χ4n) is 3.51. The number of nitrogens with one attached hydrogen (secondary N) is 1. The van der Waals surface area contributed by atoms with Gasteiger partial charge in [-0.2, -0.15) is 0 Å². The van der Waals surface area contributed by atoms with Crippen LogP contribution in [-0.2, 0) is 17.8 Å². The molecule has 150 valence electrons. The predicted molar refractivity (Wildman–Crippen MR) is 119 cm³/mol. The van der Waals surface area contributed by atoms with Crippen LogP contribution < -0.4 is 10.2 Å². The molecule has 4 rings (SSSR count). The van der Waals surface area contributed by atoms with Crippen molar-refractivity contribution in [3.05, 3.63) is 59.7 Å². The molecule has 5 nitrogen and oxygen atoms in total. The zero-order chi connectivity index (χ0) is 20.2. The number of benzene rings is 2. The van der Waals surface area contributed by atoms with Crippen LogP contribution >= 0.6 is 11.8 Å². The van der Waals surface area contributed by atoms with Crippen molar-refractivity contribution in [1.29, 1.82) is 0 Å². The van der Waals surface area contributed by atoms with E-state index in [4.69, 9.17) is 9.97 Å². The molecule has 2 aromatic carbocycles. The number of para-hydroxylation sites is 1. The van der Waals surface area contributed by atoms with Crippen LogP contribution in [0.5, 0.6) is 0 Å². The number of thioether (sulfide) groups is 1. The van der Waals surface area contributed by atoms with E-state index in [9.17, 15) is 4.79 Å². The molecule has 1 aliphatic rings. The van der Waals surface area contributed by atoms with Gasteiger partial charge >= 0.3 is 0 Å². The average Bonchev–Trinajstić information content (AvgIpc) is 2.76. The van der Waals surface area contributed by atoms with Crippen LogP contribution in [0.25, 0.3) is 10.9 Å². The third-order valence-electron chi connectivity index (χ3n) is 5.33. The third kappa shape index (κ3) is 4.53. The lowest BCUT2D eigenvalue weighted by Gasteiger charge is -2.29. The number of hydrogen-bond donors (Lipinski definition) is 1. The van der Waals surface area contributed by atoms with E-state index in [2.05, 4.69) is 41.4 Å². The minimum Gasteiger partial charge on any atom is -0.353 e. The molecule has 1 aliphatic heterocycles. The van der Waals surface area contributed by atoms with E-state index in [-0.39, 0.29) is 11.9 Å². The molecule has 1 N–H and O–H groups in total. The maximum Gasteiger partial charge on any atom is 0.230 e. The quantitative estimate of drug-likeness (QED) is 0.491. The number of hydrogen-bond acceptors (Lipinski definition) is 5. The molecule has 0 aliphatic carbocycles. The van der Waals surface area contributed by atoms with Gasteiger partial charge in [0, 0.05) is 24.5 Å². The SMILES string of the molecule is CC[C@H](C)NC(=O)CSc1nc(N2CCc3ccccc3C2)nc2ccccc12. The van der Waals surface area contributed by atoms with E-state index in [1.807, 2.05) is 31.2 Å². The van der Waals surface area contributed by atoms with E-state index in [1.165, 1.54) is 22.9 Å². The summed E-state index contributed by atoms with van der Waals surface area (Å²) in [5, 5.41) is 4.88. The number of carbonyl (C=O) groups is 1. The van der Waals surface area contributed by atoms with Gasteiger partial charge in [-0.05, 0) is 37.0 Å². The molecular formula is C23H26N4OS. The Labute approximate surface area is 175 Å². The summed E-state index contributed by atoms with van der Waals surface area (Å²) in [4.78, 5) is 24.2. The zero-order valence-corrected chi connectivity index (χ0v) is 17.7. The second-order valence-electron chi connectivity index (χ2n) is 7.45. The number of anilines is 1. The Kier molecular flexibility index (Phi) is 6.00. The summed E-state index contributed by atoms with van der Waals surface area (Å²) in [6, 6.07) is 16.8. The molecule has 0 spiro atoms. The normalized spacial score (nSPS) is 14.5. The first-order chi connectivity index (χ1) is 14.1. The molecule has 2 heterocycles. The maximum absolute atomic E-state index is 12.3. The summed E-state index contributed by atoms with van der Waals surface area (Å²) in [5.74, 6) is 1.14. The summed E-state index contributed by atoms with van der Waals surface area (Å²) in [6.07, 6.45) is 1.92. The fourth-order valence-corrected chi connectivity index (χ4v) is 4.33. The summed E-state index contributed by atoms with van der Waals surface area (Å²) < 4.78 is 0. The highest BCUT2D eigenvalue weighted by Gasteiger charge is 2.20. The Balaban J connectivity index is 1.59. The van der Waals surface area contributed by atoms with Crippen molar-refractivity contribution in [3.8, 4) is 0 Å². The average molecular weight is 407 g/mol. The smallest absolute Gasteiger partial charge is 0.230 e. The lowest BCUT2D eigenvalue weighted by molar-refractivity contribution is -0.119. The first kappa shape index (κ1) is 19.7. The molecule has 0 fully saturated rings. The predicted octanol–water partition coefficient (Wildman–Crippen LogP) is 4.20. The highest BCUT2D eigenvalue weighted by Crippen LogP contribution is 2.29. The zero-order valence-electron chi connectivity index (χ0n) is 16.9. The van der Waals surface area contributed by atoms with Crippen molar-refractivity contribution in [3.63, 3.8) is 0 Å². The first-order valence-electron chi connectivity index (χ1n) is 10.1. The van der Waals surface area contributed by atoms with Crippen molar-refractivity contribution in [1.82, 2.24) is 15.3 Å². The van der Waals surface area contributed by atoms with E-state index < -0.39 is 0 Å². The van der Waals surface area contributed by atoms with Crippen LogP contribution in [-0.4, -0.2) is 34.2 Å². The topological polar surface area (TPSA) is 58.1 Å². The third-order valence-corrected chi connectivity index (χ3v) is 6.32. The minimum absolute atomic E-state index is 0.0421. The number of rotatable bonds is 6. The molecule has 29 heavy (non-hydrogen) atoms. The number of amides is 1. The summed E-state index contributed by atoms with van der Waals surface area (Å²) in [5.41, 5.74) is 3.65. The Bertz CT molecular complexity index is 1020. The van der Waals surface area contributed by atoms with Crippen molar-refractivity contribution >= 4 is 34.5 Å². The lowest BCUT2D eigenvalue weighted by atomic mass is 10.0. The van der Waals surface area contributed by atoms with Gasteiger partial charge in [0.15, 0.2) is 0 Å². The Morgan fingerprint density at radius 3 is 2.72 bits per heavy atom. The van der Waals surface area contributed by atoms with Gasteiger partial charge in [-0.3, -0.25) is 4.79 Å². The number of fused-ring (bicyclic) bond motifs is 2. The number of aromatic nitrogens is 2. The molecule has 0 saturated carbocycles. The van der Waals surface area contributed by atoms with E-state index in [0.29, 0.717) is 5.75 Å². The second kappa shape index (κ2) is 8.82. The molecule has 0 saturated heterocycles. The van der Waals surface area contributed by atoms with Crippen LogP contribution in [0.4, 0.5) is 5.95 Å². The molecule has 6 heteroatoms. The maximum atomic E-state index is 12.3. The standard InChI is InChI=1S/C23H26N4OS/c1-3-16(2)24-21(28)15-29-22-19-10-6-7-11-20(19)25-23(26-22)27-13-12-17-8-4-5-9-18(17)14-27/h4-11,16H,3,12-15H2,1-2H3,(H,24,28)/t16-/m0/s1. The van der Waals surface area contributed by atoms with Crippen LogP contribution in [0.1, 0.15) is 31.4 Å². The van der Waals surface area contributed by atoms with Gasteiger partial charge in [0.2, 0.25) is 11.9 Å². The van der Waals surface area contributed by atoms with Crippen LogP contribution in [0.15, 0.2) is 53.6 Å². The van der Waals surface area contributed by atoms with Gasteiger partial charge in [0.1, 0.15) is 5.03 Å². The number of nitrogens with zero attached hydrogens (tertiary/aromatic N) is 3. The van der Waals surface area contributed by atoms with Gasteiger partial charge < -0.3 is 10.2 Å². The van der Waals surface area contributed by atoms with Crippen molar-refractivity contribution in [2.45, 2.75) is 44.3 Å². The van der Waals surface area contributed by atoms with Gasteiger partial charge in [-0.25, -0.2) is 9.97 Å². The monoisotopic (exact) mass is 406 g/mol. The summed E-state index contributed by atoms with van der Waals surface area (Å²) in [6.45, 7) is 5.80. The van der Waals surface area contributed by atoms with Crippen LogP contribution in [0.2, 0.25) is 0 Å². The van der Waals surface area contributed by atoms with E-state index in [0.717, 1.165) is 47.8 Å². The molecule has 1 atom stereocenters. The van der Waals surface area contributed by atoms with Crippen molar-refractivity contribution in [2.24, 2.45) is 0 Å². The highest BCUT2D eigenvalue weighted by molar-refractivity contribution is 8.00. The number of carbonyl (C=O) groups excluding carboxylic acids is 1. The molecule has 1 aromatic heterocycles. The molecule has 0 radical (unpaired) electrons. The second-order valence-corrected chi connectivity index (χ2v) is 8.42. The van der Waals surface area contributed by atoms with Gasteiger partial charge in [0.05, 0.1) is 11.3 Å². The summed E-state index contributed by atoms with van der Waals surface area (Å²) in [7, 11) is 0. The van der Waals surface area contributed by atoms with Gasteiger partial charge in [0.25, 0.3) is 0 Å².